The van der Waals surface area contributed by atoms with Crippen molar-refractivity contribution in [3.05, 3.63) is 12.2 Å². The van der Waals surface area contributed by atoms with E-state index in [1.807, 2.05) is 0 Å². The molecule has 0 heterocycles. The first-order valence-corrected chi connectivity index (χ1v) is 5.72. The number of aliphatic hydroxyl groups excluding tert-OH is 1. The van der Waals surface area contributed by atoms with Crippen LogP contribution in [0.25, 0.3) is 0 Å². The number of rotatable bonds is 2. The molecule has 1 fully saturated rings. The highest BCUT2D eigenvalue weighted by molar-refractivity contribution is 5.03. The summed E-state index contributed by atoms with van der Waals surface area (Å²) in [5, 5.41) is 19.4. The maximum Gasteiger partial charge on any atom is 0.0828 e. The van der Waals surface area contributed by atoms with Gasteiger partial charge in [-0.1, -0.05) is 44.3 Å². The average Bonchev–Trinajstić information content (AvgIpc) is 2.09. The second-order valence-corrected chi connectivity index (χ2v) is 4.47. The molecule has 0 aromatic carbocycles. The van der Waals surface area contributed by atoms with E-state index in [2.05, 4.69) is 0 Å². The number of aliphatic hydroxyl groups is 2. The van der Waals surface area contributed by atoms with Crippen molar-refractivity contribution in [1.29, 1.82) is 0 Å². The Balaban J connectivity index is 2.50. The highest BCUT2D eigenvalue weighted by Crippen LogP contribution is 2.27. The van der Waals surface area contributed by atoms with Crippen LogP contribution in [0.2, 0.25) is 0 Å². The van der Waals surface area contributed by atoms with Crippen LogP contribution in [-0.2, 0) is 0 Å². The van der Waals surface area contributed by atoms with Gasteiger partial charge in [-0.15, -0.1) is 0 Å². The quantitative estimate of drug-likeness (QED) is 0.669. The first-order valence-electron chi connectivity index (χ1n) is 5.72. The van der Waals surface area contributed by atoms with Crippen molar-refractivity contribution in [3.8, 4) is 0 Å². The molecular weight excluding hydrogens is 176 g/mol. The molecular formula is C12H22O2. The summed E-state index contributed by atoms with van der Waals surface area (Å²) in [5.41, 5.74) is -0.655. The fourth-order valence-electron chi connectivity index (χ4n) is 2.00. The van der Waals surface area contributed by atoms with E-state index in [0.29, 0.717) is 0 Å². The molecule has 1 aliphatic rings. The zero-order chi connectivity index (χ0) is 10.4. The van der Waals surface area contributed by atoms with E-state index in [-0.39, 0.29) is 0 Å². The van der Waals surface area contributed by atoms with Gasteiger partial charge in [0, 0.05) is 0 Å². The zero-order valence-corrected chi connectivity index (χ0v) is 9.08. The average molecular weight is 198 g/mol. The molecule has 0 radical (unpaired) electrons. The van der Waals surface area contributed by atoms with Gasteiger partial charge < -0.3 is 10.2 Å². The van der Waals surface area contributed by atoms with E-state index in [4.69, 9.17) is 5.11 Å². The van der Waals surface area contributed by atoms with Gasteiger partial charge in [-0.3, -0.25) is 0 Å². The zero-order valence-electron chi connectivity index (χ0n) is 9.08. The Morgan fingerprint density at radius 2 is 1.57 bits per heavy atom. The van der Waals surface area contributed by atoms with Gasteiger partial charge in [0.1, 0.15) is 0 Å². The first-order chi connectivity index (χ1) is 6.62. The van der Waals surface area contributed by atoms with Crippen LogP contribution in [0.4, 0.5) is 0 Å². The van der Waals surface area contributed by atoms with E-state index in [1.165, 1.54) is 19.3 Å². The van der Waals surface area contributed by atoms with E-state index >= 15 is 0 Å². The van der Waals surface area contributed by atoms with Crippen LogP contribution in [0, 0.1) is 0 Å². The molecule has 0 bridgehead atoms. The molecule has 0 aromatic heterocycles. The van der Waals surface area contributed by atoms with Crippen molar-refractivity contribution in [1.82, 2.24) is 0 Å². The van der Waals surface area contributed by atoms with Crippen LogP contribution in [0.15, 0.2) is 12.2 Å². The Labute approximate surface area is 86.6 Å². The molecule has 0 saturated heterocycles. The van der Waals surface area contributed by atoms with E-state index in [1.54, 1.807) is 19.1 Å². The van der Waals surface area contributed by atoms with Crippen LogP contribution in [0.5, 0.6) is 0 Å². The van der Waals surface area contributed by atoms with Gasteiger partial charge in [0.15, 0.2) is 0 Å². The fraction of sp³-hybridized carbons (Fsp3) is 0.833. The lowest BCUT2D eigenvalue weighted by atomic mass is 9.86. The highest BCUT2D eigenvalue weighted by atomic mass is 16.3. The third-order valence-corrected chi connectivity index (χ3v) is 2.90. The van der Waals surface area contributed by atoms with Crippen LogP contribution in [-0.4, -0.2) is 21.9 Å². The molecule has 1 aliphatic carbocycles. The lowest BCUT2D eigenvalue weighted by Gasteiger charge is -2.27. The molecule has 82 valence electrons. The highest BCUT2D eigenvalue weighted by Gasteiger charge is 2.23. The number of hydrogen-bond donors (Lipinski definition) is 2. The Morgan fingerprint density at radius 1 is 1.07 bits per heavy atom. The molecule has 2 N–H and O–H groups in total. The maximum absolute atomic E-state index is 10.2. The minimum absolute atomic E-state index is 0.454. The van der Waals surface area contributed by atoms with Crippen molar-refractivity contribution in [2.75, 3.05) is 0 Å². The standard InChI is InChI=1S/C12H22O2/c1-11(13)7-10-12(14)8-5-3-2-4-6-9-12/h7,10-11,13-14H,2-6,8-9H2,1H3/b10-7-. The molecule has 2 nitrogen and oxygen atoms in total. The van der Waals surface area contributed by atoms with E-state index in [0.717, 1.165) is 25.7 Å². The first kappa shape index (κ1) is 11.7. The molecule has 1 unspecified atom stereocenters. The molecule has 0 amide bonds. The Kier molecular flexibility index (Phi) is 4.63. The predicted octanol–water partition coefficient (Wildman–Crippen LogP) is 2.40. The molecule has 1 rings (SSSR count). The van der Waals surface area contributed by atoms with Gasteiger partial charge in [0.25, 0.3) is 0 Å². The van der Waals surface area contributed by atoms with Crippen LogP contribution in [0.3, 0.4) is 0 Å². The third kappa shape index (κ3) is 4.25. The summed E-state index contributed by atoms with van der Waals surface area (Å²) in [6.07, 6.45) is 10.7. The monoisotopic (exact) mass is 198 g/mol. The fourth-order valence-corrected chi connectivity index (χ4v) is 2.00. The summed E-state index contributed by atoms with van der Waals surface area (Å²) in [6.45, 7) is 1.71. The predicted molar refractivity (Wildman–Crippen MR) is 58.1 cm³/mol. The topological polar surface area (TPSA) is 40.5 Å². The maximum atomic E-state index is 10.2. The molecule has 0 aliphatic heterocycles. The summed E-state index contributed by atoms with van der Waals surface area (Å²) in [7, 11) is 0. The third-order valence-electron chi connectivity index (χ3n) is 2.90. The van der Waals surface area contributed by atoms with Crippen molar-refractivity contribution < 1.29 is 10.2 Å². The van der Waals surface area contributed by atoms with Crippen LogP contribution in [0.1, 0.15) is 51.9 Å². The second kappa shape index (κ2) is 5.52. The van der Waals surface area contributed by atoms with E-state index < -0.39 is 11.7 Å². The van der Waals surface area contributed by atoms with Crippen molar-refractivity contribution in [3.63, 3.8) is 0 Å². The van der Waals surface area contributed by atoms with Gasteiger partial charge in [-0.05, 0) is 19.8 Å². The second-order valence-electron chi connectivity index (χ2n) is 4.47. The van der Waals surface area contributed by atoms with Crippen LogP contribution < -0.4 is 0 Å². The molecule has 0 aromatic rings. The van der Waals surface area contributed by atoms with Crippen molar-refractivity contribution in [2.24, 2.45) is 0 Å². The lowest BCUT2D eigenvalue weighted by Crippen LogP contribution is -2.27. The number of hydrogen-bond acceptors (Lipinski definition) is 2. The summed E-state index contributed by atoms with van der Waals surface area (Å²) >= 11 is 0. The molecule has 14 heavy (non-hydrogen) atoms. The van der Waals surface area contributed by atoms with E-state index in [9.17, 15) is 5.11 Å². The minimum atomic E-state index is -0.655. The summed E-state index contributed by atoms with van der Waals surface area (Å²) < 4.78 is 0. The molecule has 2 heteroatoms. The van der Waals surface area contributed by atoms with Gasteiger partial charge in [-0.25, -0.2) is 0 Å². The van der Waals surface area contributed by atoms with Gasteiger partial charge >= 0.3 is 0 Å². The molecule has 0 spiro atoms. The smallest absolute Gasteiger partial charge is 0.0828 e. The Morgan fingerprint density at radius 3 is 2.07 bits per heavy atom. The van der Waals surface area contributed by atoms with Gasteiger partial charge in [-0.2, -0.15) is 0 Å². The van der Waals surface area contributed by atoms with Crippen molar-refractivity contribution >= 4 is 0 Å². The minimum Gasteiger partial charge on any atom is -0.389 e. The summed E-state index contributed by atoms with van der Waals surface area (Å²) in [6, 6.07) is 0. The van der Waals surface area contributed by atoms with Gasteiger partial charge in [0.2, 0.25) is 0 Å². The largest absolute Gasteiger partial charge is 0.389 e. The summed E-state index contributed by atoms with van der Waals surface area (Å²) in [5.74, 6) is 0. The Bertz CT molecular complexity index is 177. The lowest BCUT2D eigenvalue weighted by molar-refractivity contribution is 0.0607. The molecule has 1 atom stereocenters. The SMILES string of the molecule is CC(O)/C=C\C1(O)CCCCCCC1. The molecule has 1 saturated carbocycles. The Hall–Kier alpha value is -0.340. The van der Waals surface area contributed by atoms with Crippen LogP contribution >= 0.6 is 0 Å². The normalized spacial score (nSPS) is 25.6. The van der Waals surface area contributed by atoms with Gasteiger partial charge in [0.05, 0.1) is 11.7 Å². The van der Waals surface area contributed by atoms with Crippen molar-refractivity contribution in [2.45, 2.75) is 63.6 Å². The summed E-state index contributed by atoms with van der Waals surface area (Å²) in [4.78, 5) is 0.